The highest BCUT2D eigenvalue weighted by atomic mass is 35.5. The van der Waals surface area contributed by atoms with Crippen LogP contribution in [0, 0.1) is 5.82 Å². The van der Waals surface area contributed by atoms with Crippen LogP contribution in [-0.2, 0) is 13.1 Å². The summed E-state index contributed by atoms with van der Waals surface area (Å²) in [7, 11) is 1.59. The van der Waals surface area contributed by atoms with Gasteiger partial charge in [-0.15, -0.1) is 0 Å². The molecule has 0 bridgehead atoms. The highest BCUT2D eigenvalue weighted by Crippen LogP contribution is 2.33. The van der Waals surface area contributed by atoms with Crippen molar-refractivity contribution in [3.63, 3.8) is 0 Å². The number of halogens is 3. The number of ether oxygens (including phenoxy) is 1. The van der Waals surface area contributed by atoms with E-state index in [1.165, 1.54) is 25.0 Å². The zero-order valence-electron chi connectivity index (χ0n) is 23.5. The first kappa shape index (κ1) is 29.9. The van der Waals surface area contributed by atoms with Gasteiger partial charge in [0.1, 0.15) is 11.6 Å². The molecule has 0 aliphatic carbocycles. The van der Waals surface area contributed by atoms with Crippen molar-refractivity contribution >= 4 is 46.5 Å². The first-order valence-electron chi connectivity index (χ1n) is 14.0. The van der Waals surface area contributed by atoms with Crippen LogP contribution in [0.1, 0.15) is 34.3 Å². The Balaban J connectivity index is 1.13. The quantitative estimate of drug-likeness (QED) is 0.325. The maximum absolute atomic E-state index is 14.9. The number of nitrogens with one attached hydrogen (secondary N) is 2. The number of likely N-dealkylation sites (tertiary alicyclic amines) is 1. The van der Waals surface area contributed by atoms with E-state index in [4.69, 9.17) is 27.9 Å². The molecule has 2 aliphatic rings. The molecule has 8 nitrogen and oxygen atoms in total. The van der Waals surface area contributed by atoms with E-state index in [0.29, 0.717) is 47.6 Å². The van der Waals surface area contributed by atoms with E-state index in [-0.39, 0.29) is 18.1 Å². The molecule has 2 heterocycles. The summed E-state index contributed by atoms with van der Waals surface area (Å²) in [5.74, 6) is -0.366. The van der Waals surface area contributed by atoms with Crippen molar-refractivity contribution in [2.24, 2.45) is 0 Å². The summed E-state index contributed by atoms with van der Waals surface area (Å²) in [6.07, 6.45) is 2.40. The molecule has 2 N–H and O–H groups in total. The number of benzene rings is 3. The highest BCUT2D eigenvalue weighted by Gasteiger charge is 2.24. The highest BCUT2D eigenvalue weighted by molar-refractivity contribution is 6.39. The molecular weight excluding hydrogens is 580 g/mol. The number of piperazine rings is 1. The number of hydrogen-bond donors (Lipinski definition) is 2. The van der Waals surface area contributed by atoms with Gasteiger partial charge in [0, 0.05) is 45.0 Å². The van der Waals surface area contributed by atoms with E-state index < -0.39 is 11.7 Å². The predicted molar refractivity (Wildman–Crippen MR) is 164 cm³/mol. The van der Waals surface area contributed by atoms with Crippen LogP contribution in [0.2, 0.25) is 10.0 Å². The molecule has 2 fully saturated rings. The Hall–Kier alpha value is -3.53. The van der Waals surface area contributed by atoms with Crippen molar-refractivity contribution in [2.75, 3.05) is 56.6 Å². The zero-order valence-corrected chi connectivity index (χ0v) is 25.0. The van der Waals surface area contributed by atoms with E-state index in [2.05, 4.69) is 15.5 Å². The van der Waals surface area contributed by atoms with Crippen LogP contribution in [0.4, 0.5) is 20.6 Å². The lowest BCUT2D eigenvalue weighted by Crippen LogP contribution is -2.50. The number of anilines is 2. The van der Waals surface area contributed by atoms with Crippen molar-refractivity contribution < 1.29 is 18.7 Å². The largest absolute Gasteiger partial charge is 0.497 e. The minimum atomic E-state index is -0.600. The molecule has 0 spiro atoms. The summed E-state index contributed by atoms with van der Waals surface area (Å²) in [6.45, 7) is 5.06. The second-order valence-corrected chi connectivity index (χ2v) is 11.3. The van der Waals surface area contributed by atoms with E-state index in [1.807, 2.05) is 29.2 Å². The number of nitrogens with zero attached hydrogens (tertiary/aromatic N) is 3. The van der Waals surface area contributed by atoms with Crippen LogP contribution >= 0.6 is 23.2 Å². The summed E-state index contributed by atoms with van der Waals surface area (Å²) in [5.41, 5.74) is 2.93. The minimum absolute atomic E-state index is 0.0227. The number of carbonyl (C=O) groups excluding carboxylic acids is 2. The number of hydrogen-bond acceptors (Lipinski definition) is 5. The third kappa shape index (κ3) is 7.27. The molecule has 0 aromatic heterocycles. The first-order valence-corrected chi connectivity index (χ1v) is 14.8. The SMILES string of the molecule is COc1ccc(CNC(=O)c2ccc(N3CCN(C(=O)Nc4c(Cl)cc(CN5CCCC5)cc4Cl)CC3)cc2F)cc1. The molecule has 3 amide bonds. The Bertz CT molecular complexity index is 1400. The van der Waals surface area contributed by atoms with E-state index in [0.717, 1.165) is 36.5 Å². The average Bonchev–Trinajstić information content (AvgIpc) is 3.51. The summed E-state index contributed by atoms with van der Waals surface area (Å²) >= 11 is 13.0. The number of urea groups is 1. The fourth-order valence-corrected chi connectivity index (χ4v) is 5.92. The molecule has 0 saturated carbocycles. The van der Waals surface area contributed by atoms with Gasteiger partial charge in [-0.25, -0.2) is 9.18 Å². The van der Waals surface area contributed by atoms with Crippen molar-refractivity contribution in [3.05, 3.63) is 87.2 Å². The molecule has 0 radical (unpaired) electrons. The molecule has 3 aromatic carbocycles. The second kappa shape index (κ2) is 13.6. The number of rotatable bonds is 8. The molecule has 0 atom stereocenters. The van der Waals surface area contributed by atoms with Gasteiger partial charge in [0.25, 0.3) is 5.91 Å². The Morgan fingerprint density at radius 2 is 1.55 bits per heavy atom. The smallest absolute Gasteiger partial charge is 0.322 e. The third-order valence-electron chi connectivity index (χ3n) is 7.68. The fourth-order valence-electron chi connectivity index (χ4n) is 5.29. The predicted octanol–water partition coefficient (Wildman–Crippen LogP) is 6.02. The average molecular weight is 615 g/mol. The van der Waals surface area contributed by atoms with E-state index in [1.54, 1.807) is 30.2 Å². The normalized spacial score (nSPS) is 15.5. The van der Waals surface area contributed by atoms with Gasteiger partial charge in [0.2, 0.25) is 0 Å². The van der Waals surface area contributed by atoms with Gasteiger partial charge in [-0.2, -0.15) is 0 Å². The third-order valence-corrected chi connectivity index (χ3v) is 8.28. The summed E-state index contributed by atoms with van der Waals surface area (Å²) in [6, 6.07) is 15.3. The van der Waals surface area contributed by atoms with E-state index in [9.17, 15) is 14.0 Å². The van der Waals surface area contributed by atoms with Crippen molar-refractivity contribution in [3.8, 4) is 5.75 Å². The van der Waals surface area contributed by atoms with Gasteiger partial charge < -0.3 is 25.2 Å². The summed E-state index contributed by atoms with van der Waals surface area (Å²) < 4.78 is 20.1. The fraction of sp³-hybridized carbons (Fsp3) is 0.355. The molecule has 5 rings (SSSR count). The Morgan fingerprint density at radius 3 is 2.17 bits per heavy atom. The molecule has 42 heavy (non-hydrogen) atoms. The maximum Gasteiger partial charge on any atom is 0.322 e. The van der Waals surface area contributed by atoms with Gasteiger partial charge in [-0.3, -0.25) is 9.69 Å². The number of methoxy groups -OCH3 is 1. The van der Waals surface area contributed by atoms with Gasteiger partial charge >= 0.3 is 6.03 Å². The Labute approximate surface area is 255 Å². The van der Waals surface area contributed by atoms with Gasteiger partial charge in [0.15, 0.2) is 0 Å². The van der Waals surface area contributed by atoms with Crippen LogP contribution in [0.25, 0.3) is 0 Å². The van der Waals surface area contributed by atoms with Crippen LogP contribution in [0.15, 0.2) is 54.6 Å². The molecule has 2 aliphatic heterocycles. The monoisotopic (exact) mass is 613 g/mol. The van der Waals surface area contributed by atoms with Crippen LogP contribution in [0.5, 0.6) is 5.75 Å². The minimum Gasteiger partial charge on any atom is -0.497 e. The lowest BCUT2D eigenvalue weighted by Gasteiger charge is -2.36. The van der Waals surface area contributed by atoms with Gasteiger partial charge in [-0.1, -0.05) is 35.3 Å². The van der Waals surface area contributed by atoms with Gasteiger partial charge in [-0.05, 0) is 79.5 Å². The van der Waals surface area contributed by atoms with Crippen molar-refractivity contribution in [1.82, 2.24) is 15.1 Å². The summed E-state index contributed by atoms with van der Waals surface area (Å²) in [4.78, 5) is 31.6. The van der Waals surface area contributed by atoms with Crippen LogP contribution in [-0.4, -0.2) is 68.1 Å². The molecule has 0 unspecified atom stereocenters. The zero-order chi connectivity index (χ0) is 29.6. The maximum atomic E-state index is 14.9. The molecule has 2 saturated heterocycles. The molecule has 222 valence electrons. The molecule has 11 heteroatoms. The molecule has 3 aromatic rings. The second-order valence-electron chi connectivity index (χ2n) is 10.5. The lowest BCUT2D eigenvalue weighted by atomic mass is 10.1. The first-order chi connectivity index (χ1) is 20.3. The Kier molecular flexibility index (Phi) is 9.72. The van der Waals surface area contributed by atoms with Crippen LogP contribution in [0.3, 0.4) is 0 Å². The van der Waals surface area contributed by atoms with Crippen LogP contribution < -0.4 is 20.3 Å². The Morgan fingerprint density at radius 1 is 0.881 bits per heavy atom. The van der Waals surface area contributed by atoms with E-state index >= 15 is 0 Å². The lowest BCUT2D eigenvalue weighted by molar-refractivity contribution is 0.0947. The molecular formula is C31H34Cl2FN5O3. The van der Waals surface area contributed by atoms with Crippen molar-refractivity contribution in [1.29, 1.82) is 0 Å². The number of carbonyl (C=O) groups is 2. The summed E-state index contributed by atoms with van der Waals surface area (Å²) in [5, 5.41) is 6.43. The standard InChI is InChI=1S/C31H34Cl2FN5O3/c1-42-24-7-4-21(5-8-24)19-35-30(40)25-9-6-23(18-28(25)34)38-12-14-39(15-13-38)31(41)36-29-26(32)16-22(17-27(29)33)20-37-10-2-3-11-37/h4-9,16-18H,2-3,10-15,19-20H2,1H3,(H,35,40)(H,36,41). The topological polar surface area (TPSA) is 77.1 Å². The van der Waals surface area contributed by atoms with Crippen molar-refractivity contribution in [2.45, 2.75) is 25.9 Å². The number of amides is 3. The van der Waals surface area contributed by atoms with Gasteiger partial charge in [0.05, 0.1) is 28.4 Å².